The Balaban J connectivity index is 2.91. The van der Waals surface area contributed by atoms with Crippen molar-refractivity contribution in [2.45, 2.75) is 6.92 Å². The summed E-state index contributed by atoms with van der Waals surface area (Å²) in [7, 11) is 0. The van der Waals surface area contributed by atoms with Gasteiger partial charge in [-0.15, -0.1) is 0 Å². The van der Waals surface area contributed by atoms with Crippen LogP contribution in [-0.4, -0.2) is 16.9 Å². The maximum absolute atomic E-state index is 10.9. The Labute approximate surface area is 74.5 Å². The zero-order valence-electron chi connectivity index (χ0n) is 6.98. The minimum Gasteiger partial charge on any atom is -0.391 e. The van der Waals surface area contributed by atoms with Gasteiger partial charge in [0.15, 0.2) is 5.78 Å². The number of hydrogen-bond acceptors (Lipinski definition) is 4. The molecule has 2 N–H and O–H groups in total. The maximum Gasteiger partial charge on any atom is 0.411 e. The summed E-state index contributed by atoms with van der Waals surface area (Å²) in [5, 5.41) is 0. The van der Waals surface area contributed by atoms with Crippen molar-refractivity contribution in [3.8, 4) is 5.88 Å². The number of Topliss-reactive ketones (excluding diaryl/α,β-unsaturated/α-hetero) is 1. The van der Waals surface area contributed by atoms with Crippen LogP contribution in [0.2, 0.25) is 0 Å². The number of nitrogens with two attached hydrogens (primary N) is 1. The first-order chi connectivity index (χ1) is 6.09. The third-order valence-electron chi connectivity index (χ3n) is 1.35. The molecule has 1 rings (SSSR count). The second-order valence-corrected chi connectivity index (χ2v) is 2.36. The zero-order chi connectivity index (χ0) is 9.84. The van der Waals surface area contributed by atoms with Gasteiger partial charge in [-0.3, -0.25) is 4.79 Å². The lowest BCUT2D eigenvalue weighted by Gasteiger charge is -1.99. The fourth-order valence-electron chi connectivity index (χ4n) is 0.787. The van der Waals surface area contributed by atoms with E-state index in [0.717, 1.165) is 0 Å². The molecule has 0 saturated carbocycles. The van der Waals surface area contributed by atoms with Gasteiger partial charge in [0.2, 0.25) is 5.88 Å². The number of ether oxygens (including phenoxy) is 1. The Morgan fingerprint density at radius 2 is 2.23 bits per heavy atom. The Morgan fingerprint density at radius 1 is 1.54 bits per heavy atom. The average Bonchev–Trinajstić information content (AvgIpc) is 2.03. The number of pyridine rings is 1. The average molecular weight is 180 g/mol. The van der Waals surface area contributed by atoms with Crippen molar-refractivity contribution in [2.24, 2.45) is 5.73 Å². The summed E-state index contributed by atoms with van der Waals surface area (Å²) in [5.74, 6) is -0.100. The van der Waals surface area contributed by atoms with Crippen LogP contribution in [0.4, 0.5) is 4.79 Å². The molecule has 5 nitrogen and oxygen atoms in total. The van der Waals surface area contributed by atoms with Crippen LogP contribution in [-0.2, 0) is 0 Å². The van der Waals surface area contributed by atoms with E-state index < -0.39 is 6.09 Å². The lowest BCUT2D eigenvalue weighted by molar-refractivity contribution is 0.101. The minimum absolute atomic E-state index is 0.0280. The van der Waals surface area contributed by atoms with Gasteiger partial charge in [0.1, 0.15) is 0 Å². The molecule has 1 heterocycles. The third kappa shape index (κ3) is 2.55. The predicted octanol–water partition coefficient (Wildman–Crippen LogP) is 0.742. The summed E-state index contributed by atoms with van der Waals surface area (Å²) in [4.78, 5) is 24.9. The van der Waals surface area contributed by atoms with Crippen LogP contribution in [0.5, 0.6) is 5.88 Å². The molecule has 5 heteroatoms. The first kappa shape index (κ1) is 9.18. The number of hydrogen-bond donors (Lipinski definition) is 1. The first-order valence-electron chi connectivity index (χ1n) is 3.54. The van der Waals surface area contributed by atoms with Gasteiger partial charge in [0.05, 0.1) is 0 Å². The third-order valence-corrected chi connectivity index (χ3v) is 1.35. The van der Waals surface area contributed by atoms with Crippen molar-refractivity contribution in [3.05, 3.63) is 23.9 Å². The van der Waals surface area contributed by atoms with Crippen molar-refractivity contribution in [1.29, 1.82) is 0 Å². The Morgan fingerprint density at radius 3 is 2.77 bits per heavy atom. The summed E-state index contributed by atoms with van der Waals surface area (Å²) in [6.45, 7) is 1.41. The fourth-order valence-corrected chi connectivity index (χ4v) is 0.787. The summed E-state index contributed by atoms with van der Waals surface area (Å²) in [5.41, 5.74) is 5.19. The van der Waals surface area contributed by atoms with E-state index in [2.05, 4.69) is 9.72 Å². The standard InChI is InChI=1S/C8H8N2O3/c1-5(11)6-2-3-10-7(4-6)13-8(9)12/h2-4H,1H3,(H2,9,12). The SMILES string of the molecule is CC(=O)c1ccnc(OC(N)=O)c1. The van der Waals surface area contributed by atoms with E-state index in [1.54, 1.807) is 0 Å². The molecule has 0 aliphatic heterocycles. The topological polar surface area (TPSA) is 82.3 Å². The highest BCUT2D eigenvalue weighted by atomic mass is 16.6. The number of amides is 1. The fraction of sp³-hybridized carbons (Fsp3) is 0.125. The van der Waals surface area contributed by atoms with E-state index in [9.17, 15) is 9.59 Å². The first-order valence-corrected chi connectivity index (χ1v) is 3.54. The van der Waals surface area contributed by atoms with Crippen LogP contribution in [0.3, 0.4) is 0 Å². The van der Waals surface area contributed by atoms with E-state index in [1.165, 1.54) is 25.3 Å². The van der Waals surface area contributed by atoms with Crippen LogP contribution < -0.4 is 10.5 Å². The van der Waals surface area contributed by atoms with Crippen LogP contribution in [0.1, 0.15) is 17.3 Å². The molecule has 0 unspecified atom stereocenters. The van der Waals surface area contributed by atoms with E-state index in [0.29, 0.717) is 5.56 Å². The molecule has 0 fully saturated rings. The van der Waals surface area contributed by atoms with E-state index in [1.807, 2.05) is 0 Å². The maximum atomic E-state index is 10.9. The summed E-state index contributed by atoms with van der Waals surface area (Å²) >= 11 is 0. The van der Waals surface area contributed by atoms with Gasteiger partial charge in [-0.05, 0) is 13.0 Å². The van der Waals surface area contributed by atoms with Crippen LogP contribution >= 0.6 is 0 Å². The molecule has 0 saturated heterocycles. The molecule has 0 spiro atoms. The van der Waals surface area contributed by atoms with Crippen molar-refractivity contribution >= 4 is 11.9 Å². The smallest absolute Gasteiger partial charge is 0.391 e. The zero-order valence-corrected chi connectivity index (χ0v) is 6.98. The number of aromatic nitrogens is 1. The van der Waals surface area contributed by atoms with Gasteiger partial charge < -0.3 is 10.5 Å². The van der Waals surface area contributed by atoms with E-state index >= 15 is 0 Å². The predicted molar refractivity (Wildman–Crippen MR) is 44.5 cm³/mol. The van der Waals surface area contributed by atoms with Gasteiger partial charge in [-0.25, -0.2) is 9.78 Å². The lowest BCUT2D eigenvalue weighted by atomic mass is 10.2. The van der Waals surface area contributed by atoms with Crippen molar-refractivity contribution < 1.29 is 14.3 Å². The van der Waals surface area contributed by atoms with E-state index in [4.69, 9.17) is 5.73 Å². The highest BCUT2D eigenvalue weighted by Gasteiger charge is 2.04. The Bertz CT molecular complexity index is 349. The molecule has 13 heavy (non-hydrogen) atoms. The van der Waals surface area contributed by atoms with Gasteiger partial charge in [0.25, 0.3) is 0 Å². The van der Waals surface area contributed by atoms with Crippen molar-refractivity contribution in [3.63, 3.8) is 0 Å². The monoisotopic (exact) mass is 180 g/mol. The lowest BCUT2D eigenvalue weighted by Crippen LogP contribution is -2.17. The van der Waals surface area contributed by atoms with Crippen molar-refractivity contribution in [2.75, 3.05) is 0 Å². The van der Waals surface area contributed by atoms with Crippen LogP contribution in [0.15, 0.2) is 18.3 Å². The summed E-state index contributed by atoms with van der Waals surface area (Å²) < 4.78 is 4.48. The summed E-state index contributed by atoms with van der Waals surface area (Å²) in [6, 6.07) is 2.88. The number of primary amides is 1. The number of carbonyl (C=O) groups is 2. The molecule has 1 aromatic rings. The molecule has 1 aromatic heterocycles. The largest absolute Gasteiger partial charge is 0.411 e. The number of carbonyl (C=O) groups excluding carboxylic acids is 2. The van der Waals surface area contributed by atoms with Crippen LogP contribution in [0, 0.1) is 0 Å². The molecular formula is C8H8N2O3. The molecule has 0 aliphatic carbocycles. The van der Waals surface area contributed by atoms with Crippen LogP contribution in [0.25, 0.3) is 0 Å². The molecule has 0 aliphatic rings. The van der Waals surface area contributed by atoms with E-state index in [-0.39, 0.29) is 11.7 Å². The molecule has 0 bridgehead atoms. The molecule has 68 valence electrons. The Hall–Kier alpha value is -1.91. The van der Waals surface area contributed by atoms with Gasteiger partial charge in [0, 0.05) is 17.8 Å². The van der Waals surface area contributed by atoms with Gasteiger partial charge in [-0.2, -0.15) is 0 Å². The molecular weight excluding hydrogens is 172 g/mol. The highest BCUT2D eigenvalue weighted by molar-refractivity contribution is 5.94. The summed E-state index contributed by atoms with van der Waals surface area (Å²) in [6.07, 6.45) is 0.419. The quantitative estimate of drug-likeness (QED) is 0.680. The second kappa shape index (κ2) is 3.66. The normalized spacial score (nSPS) is 9.31. The highest BCUT2D eigenvalue weighted by Crippen LogP contribution is 2.09. The van der Waals surface area contributed by atoms with Crippen molar-refractivity contribution in [1.82, 2.24) is 4.98 Å². The molecule has 0 radical (unpaired) electrons. The number of ketones is 1. The Kier molecular flexibility index (Phi) is 2.59. The minimum atomic E-state index is -0.951. The molecule has 1 amide bonds. The number of rotatable bonds is 2. The second-order valence-electron chi connectivity index (χ2n) is 2.36. The van der Waals surface area contributed by atoms with Gasteiger partial charge >= 0.3 is 6.09 Å². The molecule has 0 atom stereocenters. The number of nitrogens with zero attached hydrogens (tertiary/aromatic N) is 1. The molecule has 0 aromatic carbocycles. The van der Waals surface area contributed by atoms with Gasteiger partial charge in [-0.1, -0.05) is 0 Å².